The van der Waals surface area contributed by atoms with Crippen molar-refractivity contribution in [2.45, 2.75) is 25.3 Å². The van der Waals surface area contributed by atoms with Crippen molar-refractivity contribution < 1.29 is 0 Å². The van der Waals surface area contributed by atoms with Gasteiger partial charge in [0, 0.05) is 12.2 Å². The molecule has 0 amide bonds. The first-order valence-electron chi connectivity index (χ1n) is 5.33. The van der Waals surface area contributed by atoms with E-state index >= 15 is 0 Å². The molecule has 1 fully saturated rings. The Labute approximate surface area is 84.9 Å². The lowest BCUT2D eigenvalue weighted by atomic mass is 10.1. The number of nitrogens with one attached hydrogen (secondary N) is 2. The van der Waals surface area contributed by atoms with Gasteiger partial charge in [-0.1, -0.05) is 6.07 Å². The third-order valence-corrected chi connectivity index (χ3v) is 2.59. The normalized spacial score (nSPS) is 22.7. The van der Waals surface area contributed by atoms with Gasteiger partial charge in [0.15, 0.2) is 0 Å². The summed E-state index contributed by atoms with van der Waals surface area (Å²) in [6, 6.07) is 6.57. The monoisotopic (exact) mass is 191 g/mol. The van der Waals surface area contributed by atoms with E-state index in [4.69, 9.17) is 0 Å². The smallest absolute Gasteiger partial charge is 0.126 e. The Morgan fingerprint density at radius 2 is 2.29 bits per heavy atom. The SMILES string of the molecule is c1ccc(NC2CCCNCC2)nc1. The molecule has 2 rings (SSSR count). The van der Waals surface area contributed by atoms with Crippen LogP contribution < -0.4 is 10.6 Å². The van der Waals surface area contributed by atoms with Crippen LogP contribution in [0, 0.1) is 0 Å². The summed E-state index contributed by atoms with van der Waals surface area (Å²) in [4.78, 5) is 4.27. The molecule has 0 spiro atoms. The maximum absolute atomic E-state index is 4.27. The molecule has 2 heterocycles. The predicted molar refractivity (Wildman–Crippen MR) is 58.4 cm³/mol. The van der Waals surface area contributed by atoms with Crippen LogP contribution in [-0.2, 0) is 0 Å². The highest BCUT2D eigenvalue weighted by molar-refractivity contribution is 5.34. The fourth-order valence-corrected chi connectivity index (χ4v) is 1.82. The van der Waals surface area contributed by atoms with Gasteiger partial charge in [0.2, 0.25) is 0 Å². The lowest BCUT2D eigenvalue weighted by Crippen LogP contribution is -2.21. The van der Waals surface area contributed by atoms with E-state index in [0.29, 0.717) is 6.04 Å². The molecule has 0 bridgehead atoms. The number of hydrogen-bond donors (Lipinski definition) is 2. The highest BCUT2D eigenvalue weighted by atomic mass is 15.0. The second-order valence-corrected chi connectivity index (χ2v) is 3.74. The molecule has 1 aliphatic heterocycles. The molecule has 0 radical (unpaired) electrons. The van der Waals surface area contributed by atoms with Crippen LogP contribution in [0.4, 0.5) is 5.82 Å². The number of pyridine rings is 1. The highest BCUT2D eigenvalue weighted by Crippen LogP contribution is 2.11. The summed E-state index contributed by atoms with van der Waals surface area (Å²) in [7, 11) is 0. The summed E-state index contributed by atoms with van der Waals surface area (Å²) in [5.41, 5.74) is 0. The van der Waals surface area contributed by atoms with Gasteiger partial charge in [0.25, 0.3) is 0 Å². The highest BCUT2D eigenvalue weighted by Gasteiger charge is 2.11. The van der Waals surface area contributed by atoms with Crippen molar-refractivity contribution in [1.29, 1.82) is 0 Å². The minimum Gasteiger partial charge on any atom is -0.367 e. The molecule has 1 aromatic rings. The fourth-order valence-electron chi connectivity index (χ4n) is 1.82. The molecule has 2 N–H and O–H groups in total. The molecular formula is C11H17N3. The van der Waals surface area contributed by atoms with Crippen molar-refractivity contribution >= 4 is 5.82 Å². The van der Waals surface area contributed by atoms with E-state index in [0.717, 1.165) is 18.9 Å². The quantitative estimate of drug-likeness (QED) is 0.746. The maximum atomic E-state index is 4.27. The van der Waals surface area contributed by atoms with Crippen molar-refractivity contribution in [2.24, 2.45) is 0 Å². The molecule has 1 atom stereocenters. The number of anilines is 1. The molecule has 1 unspecified atom stereocenters. The minimum absolute atomic E-state index is 0.583. The fraction of sp³-hybridized carbons (Fsp3) is 0.545. The van der Waals surface area contributed by atoms with Gasteiger partial charge in [-0.2, -0.15) is 0 Å². The summed E-state index contributed by atoms with van der Waals surface area (Å²) >= 11 is 0. The van der Waals surface area contributed by atoms with Crippen molar-refractivity contribution in [3.63, 3.8) is 0 Å². The molecule has 3 nitrogen and oxygen atoms in total. The van der Waals surface area contributed by atoms with Crippen LogP contribution in [0.1, 0.15) is 19.3 Å². The van der Waals surface area contributed by atoms with Gasteiger partial charge >= 0.3 is 0 Å². The van der Waals surface area contributed by atoms with E-state index in [2.05, 4.69) is 15.6 Å². The molecule has 0 aromatic carbocycles. The maximum Gasteiger partial charge on any atom is 0.126 e. The van der Waals surface area contributed by atoms with E-state index < -0.39 is 0 Å². The molecule has 3 heteroatoms. The van der Waals surface area contributed by atoms with Crippen molar-refractivity contribution in [2.75, 3.05) is 18.4 Å². The molecule has 1 aromatic heterocycles. The Morgan fingerprint density at radius 3 is 3.14 bits per heavy atom. The summed E-state index contributed by atoms with van der Waals surface area (Å²) in [5, 5.41) is 6.87. The van der Waals surface area contributed by atoms with E-state index in [-0.39, 0.29) is 0 Å². The minimum atomic E-state index is 0.583. The zero-order valence-electron chi connectivity index (χ0n) is 8.37. The Hall–Kier alpha value is -1.09. The van der Waals surface area contributed by atoms with Gasteiger partial charge in [-0.15, -0.1) is 0 Å². The van der Waals surface area contributed by atoms with Gasteiger partial charge in [-0.3, -0.25) is 0 Å². The molecule has 0 aliphatic carbocycles. The zero-order valence-corrected chi connectivity index (χ0v) is 8.37. The third-order valence-electron chi connectivity index (χ3n) is 2.59. The third kappa shape index (κ3) is 2.70. The van der Waals surface area contributed by atoms with Gasteiger partial charge in [-0.25, -0.2) is 4.98 Å². The number of nitrogens with zero attached hydrogens (tertiary/aromatic N) is 1. The first-order chi connectivity index (χ1) is 6.95. The second kappa shape index (κ2) is 4.96. The number of aromatic nitrogens is 1. The standard InChI is InChI=1S/C11H17N3/c1-2-8-13-11(5-1)14-10-4-3-7-12-9-6-10/h1-2,5,8,10,12H,3-4,6-7,9H2,(H,13,14). The van der Waals surface area contributed by atoms with Crippen LogP contribution in [0.25, 0.3) is 0 Å². The van der Waals surface area contributed by atoms with Gasteiger partial charge in [0.05, 0.1) is 0 Å². The topological polar surface area (TPSA) is 37.0 Å². The summed E-state index contributed by atoms with van der Waals surface area (Å²) < 4.78 is 0. The Morgan fingerprint density at radius 1 is 1.29 bits per heavy atom. The Balaban J connectivity index is 1.90. The molecule has 1 saturated heterocycles. The largest absolute Gasteiger partial charge is 0.367 e. The summed E-state index contributed by atoms with van der Waals surface area (Å²) in [6.45, 7) is 2.27. The summed E-state index contributed by atoms with van der Waals surface area (Å²) in [6.07, 6.45) is 5.52. The van der Waals surface area contributed by atoms with E-state index in [1.54, 1.807) is 0 Å². The van der Waals surface area contributed by atoms with E-state index in [1.165, 1.54) is 19.3 Å². The predicted octanol–water partition coefficient (Wildman–Crippen LogP) is 1.64. The van der Waals surface area contributed by atoms with Crippen molar-refractivity contribution in [3.05, 3.63) is 24.4 Å². The zero-order chi connectivity index (χ0) is 9.64. The van der Waals surface area contributed by atoms with Crippen LogP contribution in [0.15, 0.2) is 24.4 Å². The summed E-state index contributed by atoms with van der Waals surface area (Å²) in [5.74, 6) is 0.999. The van der Waals surface area contributed by atoms with Gasteiger partial charge in [-0.05, 0) is 44.5 Å². The van der Waals surface area contributed by atoms with Crippen molar-refractivity contribution in [3.8, 4) is 0 Å². The van der Waals surface area contributed by atoms with Crippen LogP contribution in [0.5, 0.6) is 0 Å². The second-order valence-electron chi connectivity index (χ2n) is 3.74. The van der Waals surface area contributed by atoms with Crippen LogP contribution >= 0.6 is 0 Å². The molecule has 14 heavy (non-hydrogen) atoms. The Kier molecular flexibility index (Phi) is 3.35. The van der Waals surface area contributed by atoms with Crippen LogP contribution in [0.3, 0.4) is 0 Å². The molecule has 0 saturated carbocycles. The lowest BCUT2D eigenvalue weighted by Gasteiger charge is -2.16. The molecule has 1 aliphatic rings. The van der Waals surface area contributed by atoms with Gasteiger partial charge in [0.1, 0.15) is 5.82 Å². The Bertz CT molecular complexity index is 252. The van der Waals surface area contributed by atoms with Gasteiger partial charge < -0.3 is 10.6 Å². The number of hydrogen-bond acceptors (Lipinski definition) is 3. The first-order valence-corrected chi connectivity index (χ1v) is 5.33. The molecular weight excluding hydrogens is 174 g/mol. The average Bonchev–Trinajstić information content (AvgIpc) is 2.48. The van der Waals surface area contributed by atoms with Crippen molar-refractivity contribution in [1.82, 2.24) is 10.3 Å². The lowest BCUT2D eigenvalue weighted by molar-refractivity contribution is 0.635. The van der Waals surface area contributed by atoms with Crippen LogP contribution in [0.2, 0.25) is 0 Å². The molecule has 76 valence electrons. The first kappa shape index (κ1) is 9.46. The number of rotatable bonds is 2. The van der Waals surface area contributed by atoms with E-state index in [9.17, 15) is 0 Å². The van der Waals surface area contributed by atoms with Crippen LogP contribution in [-0.4, -0.2) is 24.1 Å². The van der Waals surface area contributed by atoms with E-state index in [1.807, 2.05) is 24.4 Å². The average molecular weight is 191 g/mol.